The van der Waals surface area contributed by atoms with Gasteiger partial charge in [0.15, 0.2) is 5.69 Å². The fourth-order valence-corrected chi connectivity index (χ4v) is 4.34. The quantitative estimate of drug-likeness (QED) is 0.638. The first-order valence-electron chi connectivity index (χ1n) is 11.5. The van der Waals surface area contributed by atoms with Crippen molar-refractivity contribution in [2.24, 2.45) is 5.92 Å². The number of carbonyl (C=O) groups excluding carboxylic acids is 2. The number of hydrogen-bond donors (Lipinski definition) is 1. The number of amides is 2. The van der Waals surface area contributed by atoms with Crippen molar-refractivity contribution >= 4 is 11.8 Å². The maximum absolute atomic E-state index is 13.1. The van der Waals surface area contributed by atoms with Crippen LogP contribution in [0.2, 0.25) is 0 Å². The van der Waals surface area contributed by atoms with Crippen LogP contribution in [0.15, 0.2) is 36.7 Å². The van der Waals surface area contributed by atoms with Crippen LogP contribution >= 0.6 is 0 Å². The average molecular weight is 441 g/mol. The summed E-state index contributed by atoms with van der Waals surface area (Å²) in [4.78, 5) is 31.7. The Morgan fingerprint density at radius 2 is 2.00 bits per heavy atom. The first kappa shape index (κ1) is 22.5. The van der Waals surface area contributed by atoms with Crippen molar-refractivity contribution in [2.45, 2.75) is 45.4 Å². The van der Waals surface area contributed by atoms with E-state index in [4.69, 9.17) is 9.47 Å². The molecule has 0 radical (unpaired) electrons. The Morgan fingerprint density at radius 3 is 2.75 bits per heavy atom. The number of imidazole rings is 1. The predicted octanol–water partition coefficient (Wildman–Crippen LogP) is 2.55. The maximum Gasteiger partial charge on any atom is 0.274 e. The predicted molar refractivity (Wildman–Crippen MR) is 119 cm³/mol. The SMILES string of the molecule is CCOCCCNC(=O)C1CCN(C(=O)c2ncn3c2COC(c2ccccc2)C3)CC1. The van der Waals surface area contributed by atoms with E-state index in [1.54, 1.807) is 6.33 Å². The van der Waals surface area contributed by atoms with Gasteiger partial charge < -0.3 is 24.3 Å². The van der Waals surface area contributed by atoms with Crippen molar-refractivity contribution in [3.63, 3.8) is 0 Å². The van der Waals surface area contributed by atoms with Gasteiger partial charge >= 0.3 is 0 Å². The summed E-state index contributed by atoms with van der Waals surface area (Å²) in [5.41, 5.74) is 2.42. The normalized spacial score (nSPS) is 18.9. The highest BCUT2D eigenvalue weighted by molar-refractivity contribution is 5.93. The van der Waals surface area contributed by atoms with Crippen molar-refractivity contribution in [1.29, 1.82) is 0 Å². The van der Waals surface area contributed by atoms with Gasteiger partial charge in [0.25, 0.3) is 5.91 Å². The van der Waals surface area contributed by atoms with Crippen LogP contribution in [0.4, 0.5) is 0 Å². The summed E-state index contributed by atoms with van der Waals surface area (Å²) in [6, 6.07) is 10.1. The minimum atomic E-state index is -0.0731. The van der Waals surface area contributed by atoms with E-state index in [0.29, 0.717) is 64.5 Å². The first-order valence-corrected chi connectivity index (χ1v) is 11.5. The molecule has 1 aromatic carbocycles. The summed E-state index contributed by atoms with van der Waals surface area (Å²) in [6.45, 7) is 6.08. The highest BCUT2D eigenvalue weighted by Crippen LogP contribution is 2.28. The molecule has 0 saturated carbocycles. The lowest BCUT2D eigenvalue weighted by Crippen LogP contribution is -2.43. The molecule has 2 aliphatic heterocycles. The van der Waals surface area contributed by atoms with Crippen molar-refractivity contribution in [2.75, 3.05) is 32.8 Å². The van der Waals surface area contributed by atoms with Gasteiger partial charge in [0, 0.05) is 38.8 Å². The molecular weight excluding hydrogens is 408 g/mol. The fourth-order valence-electron chi connectivity index (χ4n) is 4.34. The molecule has 2 aromatic rings. The van der Waals surface area contributed by atoms with E-state index in [9.17, 15) is 9.59 Å². The second-order valence-corrected chi connectivity index (χ2v) is 8.31. The van der Waals surface area contributed by atoms with Crippen LogP contribution in [-0.2, 0) is 27.4 Å². The van der Waals surface area contributed by atoms with Crippen LogP contribution in [0.25, 0.3) is 0 Å². The van der Waals surface area contributed by atoms with E-state index < -0.39 is 0 Å². The molecule has 1 fully saturated rings. The van der Waals surface area contributed by atoms with Gasteiger partial charge in [-0.25, -0.2) is 4.98 Å². The van der Waals surface area contributed by atoms with Crippen LogP contribution < -0.4 is 5.32 Å². The van der Waals surface area contributed by atoms with E-state index in [2.05, 4.69) is 22.4 Å². The monoisotopic (exact) mass is 440 g/mol. The van der Waals surface area contributed by atoms with Crippen molar-refractivity contribution in [1.82, 2.24) is 19.8 Å². The number of piperidine rings is 1. The molecule has 8 heteroatoms. The lowest BCUT2D eigenvalue weighted by atomic mass is 9.95. The van der Waals surface area contributed by atoms with E-state index in [-0.39, 0.29) is 23.8 Å². The number of hydrogen-bond acceptors (Lipinski definition) is 5. The van der Waals surface area contributed by atoms with Crippen molar-refractivity contribution in [3.05, 3.63) is 53.6 Å². The van der Waals surface area contributed by atoms with Gasteiger partial charge in [0.05, 0.1) is 25.2 Å². The smallest absolute Gasteiger partial charge is 0.274 e. The van der Waals surface area contributed by atoms with Gasteiger partial charge in [-0.05, 0) is 31.7 Å². The molecule has 2 amide bonds. The van der Waals surface area contributed by atoms with Gasteiger partial charge in [-0.3, -0.25) is 9.59 Å². The summed E-state index contributed by atoms with van der Waals surface area (Å²) >= 11 is 0. The molecule has 8 nitrogen and oxygen atoms in total. The number of aromatic nitrogens is 2. The Labute approximate surface area is 188 Å². The minimum absolute atomic E-state index is 0.0383. The van der Waals surface area contributed by atoms with Gasteiger partial charge in [0.1, 0.15) is 6.10 Å². The third-order valence-electron chi connectivity index (χ3n) is 6.23. The van der Waals surface area contributed by atoms with Gasteiger partial charge in [-0.2, -0.15) is 0 Å². The van der Waals surface area contributed by atoms with Gasteiger partial charge in [0.2, 0.25) is 5.91 Å². The Bertz CT molecular complexity index is 906. The van der Waals surface area contributed by atoms with Gasteiger partial charge in [-0.15, -0.1) is 0 Å². The van der Waals surface area contributed by atoms with Crippen LogP contribution in [-0.4, -0.2) is 59.1 Å². The highest BCUT2D eigenvalue weighted by atomic mass is 16.5. The minimum Gasteiger partial charge on any atom is -0.382 e. The Hall–Kier alpha value is -2.71. The molecule has 1 unspecified atom stereocenters. The summed E-state index contributed by atoms with van der Waals surface area (Å²) in [6.07, 6.45) is 3.86. The molecule has 1 saturated heterocycles. The number of nitrogens with zero attached hydrogens (tertiary/aromatic N) is 3. The topological polar surface area (TPSA) is 85.7 Å². The standard InChI is InChI=1S/C24H32N4O4/c1-2-31-14-6-11-25-23(29)19-9-12-27(13-10-19)24(30)22-20-16-32-21(15-28(20)17-26-22)18-7-4-3-5-8-18/h3-5,7-8,17,19,21H,2,6,9-16H2,1H3,(H,25,29). The summed E-state index contributed by atoms with van der Waals surface area (Å²) < 4.78 is 13.4. The maximum atomic E-state index is 13.1. The molecule has 0 aliphatic carbocycles. The van der Waals surface area contributed by atoms with Crippen LogP contribution in [0, 0.1) is 5.92 Å². The van der Waals surface area contributed by atoms with Crippen LogP contribution in [0.5, 0.6) is 0 Å². The van der Waals surface area contributed by atoms with Crippen molar-refractivity contribution in [3.8, 4) is 0 Å². The second-order valence-electron chi connectivity index (χ2n) is 8.31. The second kappa shape index (κ2) is 10.7. The molecule has 172 valence electrons. The van der Waals surface area contributed by atoms with Gasteiger partial charge in [-0.1, -0.05) is 30.3 Å². The molecule has 3 heterocycles. The molecule has 1 atom stereocenters. The van der Waals surface area contributed by atoms with E-state index >= 15 is 0 Å². The van der Waals surface area contributed by atoms with Crippen LogP contribution in [0.1, 0.15) is 54.0 Å². The molecule has 1 aromatic heterocycles. The molecular formula is C24H32N4O4. The third kappa shape index (κ3) is 5.19. The highest BCUT2D eigenvalue weighted by Gasteiger charge is 2.32. The molecule has 1 N–H and O–H groups in total. The fraction of sp³-hybridized carbons (Fsp3) is 0.542. The number of carbonyl (C=O) groups is 2. The van der Waals surface area contributed by atoms with E-state index in [0.717, 1.165) is 17.7 Å². The lowest BCUT2D eigenvalue weighted by molar-refractivity contribution is -0.126. The molecule has 0 bridgehead atoms. The zero-order chi connectivity index (χ0) is 22.3. The number of likely N-dealkylation sites (tertiary alicyclic amines) is 1. The lowest BCUT2D eigenvalue weighted by Gasteiger charge is -2.31. The number of rotatable bonds is 8. The zero-order valence-electron chi connectivity index (χ0n) is 18.7. The Kier molecular flexibility index (Phi) is 7.55. The van der Waals surface area contributed by atoms with E-state index in [1.165, 1.54) is 0 Å². The summed E-state index contributed by atoms with van der Waals surface area (Å²) in [5, 5.41) is 2.99. The number of fused-ring (bicyclic) bond motifs is 1. The number of ether oxygens (including phenoxy) is 2. The molecule has 4 rings (SSSR count). The Morgan fingerprint density at radius 1 is 1.22 bits per heavy atom. The first-order chi connectivity index (χ1) is 15.7. The number of nitrogens with one attached hydrogen (secondary N) is 1. The molecule has 2 aliphatic rings. The summed E-state index contributed by atoms with van der Waals surface area (Å²) in [7, 11) is 0. The molecule has 0 spiro atoms. The zero-order valence-corrected chi connectivity index (χ0v) is 18.7. The Balaban J connectivity index is 1.28. The summed E-state index contributed by atoms with van der Waals surface area (Å²) in [5.74, 6) is -0.0403. The third-order valence-corrected chi connectivity index (χ3v) is 6.23. The largest absolute Gasteiger partial charge is 0.382 e. The van der Waals surface area contributed by atoms with Crippen LogP contribution in [0.3, 0.4) is 0 Å². The van der Waals surface area contributed by atoms with Crippen molar-refractivity contribution < 1.29 is 19.1 Å². The average Bonchev–Trinajstić information content (AvgIpc) is 3.27. The van der Waals surface area contributed by atoms with E-state index in [1.807, 2.05) is 34.6 Å². The number of benzene rings is 1. The molecule has 32 heavy (non-hydrogen) atoms.